The van der Waals surface area contributed by atoms with Gasteiger partial charge in [-0.15, -0.1) is 0 Å². The van der Waals surface area contributed by atoms with Gasteiger partial charge in [-0.2, -0.15) is 5.10 Å². The molecule has 1 heterocycles. The molecular weight excluding hydrogens is 186 g/mol. The largest absolute Gasteiger partial charge is 0.385 e. The summed E-state index contributed by atoms with van der Waals surface area (Å²) in [5.74, 6) is 1.14. The molecule has 0 aromatic heterocycles. The number of amidine groups is 1. The molecule has 1 unspecified atom stereocenters. The van der Waals surface area contributed by atoms with Crippen molar-refractivity contribution < 1.29 is 0 Å². The molecule has 15 heavy (non-hydrogen) atoms. The predicted octanol–water partition coefficient (Wildman–Crippen LogP) is 1.72. The minimum absolute atomic E-state index is 0.385. The fourth-order valence-corrected chi connectivity index (χ4v) is 1.72. The lowest BCUT2D eigenvalue weighted by molar-refractivity contribution is 0.292. The van der Waals surface area contributed by atoms with Gasteiger partial charge in [0, 0.05) is 12.5 Å². The Balaban J connectivity index is 2.02. The summed E-state index contributed by atoms with van der Waals surface area (Å²) in [6, 6.07) is 8.54. The zero-order chi connectivity index (χ0) is 10.8. The standard InChI is InChI=1S/C12H17N3/c1-9-3-5-11(6-4-9)8-15-7-10(2)12(13)14-15/h3-6,10H,7-8H2,1-2H3,(H2,13,14). The SMILES string of the molecule is Cc1ccc(CN2CC(C)C(N)=N2)cc1. The minimum Gasteiger partial charge on any atom is -0.385 e. The van der Waals surface area contributed by atoms with Crippen LogP contribution in [0.3, 0.4) is 0 Å². The number of hydrogen-bond donors (Lipinski definition) is 1. The molecule has 0 saturated carbocycles. The first-order chi connectivity index (χ1) is 7.15. The summed E-state index contributed by atoms with van der Waals surface area (Å²) in [6.45, 7) is 5.98. The summed E-state index contributed by atoms with van der Waals surface area (Å²) < 4.78 is 0. The summed E-state index contributed by atoms with van der Waals surface area (Å²) in [4.78, 5) is 0. The first-order valence-electron chi connectivity index (χ1n) is 5.29. The van der Waals surface area contributed by atoms with E-state index in [1.165, 1.54) is 11.1 Å². The number of hydrazone groups is 1. The zero-order valence-corrected chi connectivity index (χ0v) is 9.27. The molecule has 1 aromatic carbocycles. The maximum atomic E-state index is 5.75. The molecule has 1 aromatic rings. The van der Waals surface area contributed by atoms with Crippen LogP contribution in [-0.4, -0.2) is 17.4 Å². The van der Waals surface area contributed by atoms with Crippen molar-refractivity contribution >= 4 is 5.84 Å². The van der Waals surface area contributed by atoms with Crippen molar-refractivity contribution in [3.8, 4) is 0 Å². The van der Waals surface area contributed by atoms with Crippen LogP contribution < -0.4 is 5.73 Å². The highest BCUT2D eigenvalue weighted by atomic mass is 15.5. The molecule has 2 rings (SSSR count). The minimum atomic E-state index is 0.385. The van der Waals surface area contributed by atoms with Crippen molar-refractivity contribution in [3.05, 3.63) is 35.4 Å². The van der Waals surface area contributed by atoms with Gasteiger partial charge in [0.1, 0.15) is 5.84 Å². The fraction of sp³-hybridized carbons (Fsp3) is 0.417. The van der Waals surface area contributed by atoms with Crippen LogP contribution in [0.4, 0.5) is 0 Å². The molecule has 1 aliphatic rings. The van der Waals surface area contributed by atoms with Crippen LogP contribution in [0.15, 0.2) is 29.4 Å². The van der Waals surface area contributed by atoms with Crippen molar-refractivity contribution in [2.45, 2.75) is 20.4 Å². The van der Waals surface area contributed by atoms with Crippen LogP contribution in [0.1, 0.15) is 18.1 Å². The monoisotopic (exact) mass is 203 g/mol. The Labute approximate surface area is 90.6 Å². The van der Waals surface area contributed by atoms with Gasteiger partial charge in [0.25, 0.3) is 0 Å². The number of nitrogens with zero attached hydrogens (tertiary/aromatic N) is 2. The molecule has 2 N–H and O–H groups in total. The van der Waals surface area contributed by atoms with E-state index in [9.17, 15) is 0 Å². The molecule has 0 saturated heterocycles. The molecule has 1 atom stereocenters. The maximum Gasteiger partial charge on any atom is 0.124 e. The third kappa shape index (κ3) is 2.29. The maximum absolute atomic E-state index is 5.75. The molecule has 3 heteroatoms. The van der Waals surface area contributed by atoms with Crippen molar-refractivity contribution in [2.75, 3.05) is 6.54 Å². The van der Waals surface area contributed by atoms with Gasteiger partial charge >= 0.3 is 0 Å². The van der Waals surface area contributed by atoms with Gasteiger partial charge < -0.3 is 5.73 Å². The molecule has 0 spiro atoms. The Kier molecular flexibility index (Phi) is 2.62. The first kappa shape index (κ1) is 10.0. The highest BCUT2D eigenvalue weighted by Crippen LogP contribution is 2.14. The van der Waals surface area contributed by atoms with E-state index >= 15 is 0 Å². The number of rotatable bonds is 2. The number of aryl methyl sites for hydroxylation is 1. The Bertz CT molecular complexity index is 367. The van der Waals surface area contributed by atoms with Gasteiger partial charge in [0.2, 0.25) is 0 Å². The second-order valence-corrected chi connectivity index (χ2v) is 4.26. The van der Waals surface area contributed by atoms with Gasteiger partial charge in [0.05, 0.1) is 6.54 Å². The van der Waals surface area contributed by atoms with E-state index in [1.807, 2.05) is 5.01 Å². The highest BCUT2D eigenvalue weighted by Gasteiger charge is 2.19. The number of benzene rings is 1. The molecule has 0 radical (unpaired) electrons. The normalized spacial score (nSPS) is 20.5. The van der Waals surface area contributed by atoms with Crippen LogP contribution in [0, 0.1) is 12.8 Å². The molecule has 1 aliphatic heterocycles. The highest BCUT2D eigenvalue weighted by molar-refractivity contribution is 5.83. The fourth-order valence-electron chi connectivity index (χ4n) is 1.72. The summed E-state index contributed by atoms with van der Waals surface area (Å²) in [5, 5.41) is 6.35. The van der Waals surface area contributed by atoms with E-state index in [-0.39, 0.29) is 0 Å². The molecule has 0 amide bonds. The molecular formula is C12H17N3. The Morgan fingerprint density at radius 1 is 1.40 bits per heavy atom. The van der Waals surface area contributed by atoms with Crippen LogP contribution in [0.2, 0.25) is 0 Å². The lowest BCUT2D eigenvalue weighted by atomic mass is 10.1. The average molecular weight is 203 g/mol. The van der Waals surface area contributed by atoms with Crippen LogP contribution in [0.25, 0.3) is 0 Å². The van der Waals surface area contributed by atoms with Crippen molar-refractivity contribution in [3.63, 3.8) is 0 Å². The molecule has 0 bridgehead atoms. The van der Waals surface area contributed by atoms with Gasteiger partial charge in [-0.25, -0.2) is 0 Å². The van der Waals surface area contributed by atoms with E-state index < -0.39 is 0 Å². The summed E-state index contributed by atoms with van der Waals surface area (Å²) in [7, 11) is 0. The average Bonchev–Trinajstić information content (AvgIpc) is 2.50. The number of hydrogen-bond acceptors (Lipinski definition) is 3. The summed E-state index contributed by atoms with van der Waals surface area (Å²) in [6.07, 6.45) is 0. The van der Waals surface area contributed by atoms with E-state index in [2.05, 4.69) is 43.2 Å². The Morgan fingerprint density at radius 2 is 2.07 bits per heavy atom. The second kappa shape index (κ2) is 3.93. The van der Waals surface area contributed by atoms with Gasteiger partial charge in [-0.1, -0.05) is 36.8 Å². The Hall–Kier alpha value is -1.51. The zero-order valence-electron chi connectivity index (χ0n) is 9.27. The smallest absolute Gasteiger partial charge is 0.124 e. The number of nitrogens with two attached hydrogens (primary N) is 1. The third-order valence-corrected chi connectivity index (χ3v) is 2.73. The topological polar surface area (TPSA) is 41.6 Å². The quantitative estimate of drug-likeness (QED) is 0.795. The summed E-state index contributed by atoms with van der Waals surface area (Å²) >= 11 is 0. The third-order valence-electron chi connectivity index (χ3n) is 2.73. The van der Waals surface area contributed by atoms with Crippen molar-refractivity contribution in [1.82, 2.24) is 5.01 Å². The second-order valence-electron chi connectivity index (χ2n) is 4.26. The van der Waals surface area contributed by atoms with Gasteiger partial charge in [0.15, 0.2) is 0 Å². The van der Waals surface area contributed by atoms with Crippen LogP contribution >= 0.6 is 0 Å². The van der Waals surface area contributed by atoms with Gasteiger partial charge in [-0.3, -0.25) is 5.01 Å². The molecule has 80 valence electrons. The van der Waals surface area contributed by atoms with Crippen molar-refractivity contribution in [1.29, 1.82) is 0 Å². The molecule has 3 nitrogen and oxygen atoms in total. The first-order valence-corrected chi connectivity index (χ1v) is 5.29. The molecule has 0 aliphatic carbocycles. The van der Waals surface area contributed by atoms with Crippen molar-refractivity contribution in [2.24, 2.45) is 16.8 Å². The Morgan fingerprint density at radius 3 is 2.60 bits per heavy atom. The van der Waals surface area contributed by atoms with E-state index in [0.29, 0.717) is 5.92 Å². The predicted molar refractivity (Wildman–Crippen MR) is 62.4 cm³/mol. The van der Waals surface area contributed by atoms with E-state index in [4.69, 9.17) is 5.73 Å². The van der Waals surface area contributed by atoms with Crippen LogP contribution in [-0.2, 0) is 6.54 Å². The lowest BCUT2D eigenvalue weighted by Gasteiger charge is -2.14. The van der Waals surface area contributed by atoms with Crippen LogP contribution in [0.5, 0.6) is 0 Å². The molecule has 0 fully saturated rings. The van der Waals surface area contributed by atoms with E-state index in [0.717, 1.165) is 18.9 Å². The van der Waals surface area contributed by atoms with E-state index in [1.54, 1.807) is 0 Å². The summed E-state index contributed by atoms with van der Waals surface area (Å²) in [5.41, 5.74) is 8.33. The van der Waals surface area contributed by atoms with Gasteiger partial charge in [-0.05, 0) is 12.5 Å². The lowest BCUT2D eigenvalue weighted by Crippen LogP contribution is -2.20.